The molecular formula is C20H13BrN2O3. The van der Waals surface area contributed by atoms with Gasteiger partial charge in [-0.05, 0) is 55.0 Å². The monoisotopic (exact) mass is 408 g/mol. The van der Waals surface area contributed by atoms with Crippen LogP contribution in [0, 0.1) is 6.92 Å². The predicted octanol–water partition coefficient (Wildman–Crippen LogP) is 4.66. The minimum absolute atomic E-state index is 0.268. The lowest BCUT2D eigenvalue weighted by Gasteiger charge is -2.09. The van der Waals surface area contributed by atoms with Gasteiger partial charge in [0.25, 0.3) is 5.91 Å². The van der Waals surface area contributed by atoms with Crippen LogP contribution in [0.2, 0.25) is 0 Å². The summed E-state index contributed by atoms with van der Waals surface area (Å²) >= 11 is 3.35. The quantitative estimate of drug-likeness (QED) is 0.386. The summed E-state index contributed by atoms with van der Waals surface area (Å²) in [5.74, 6) is 0.120. The standard InChI is InChI=1S/C20H13BrN2O3/c1-11-10-16(23-19(24)12-6-8-13(21)9-7-12)22-18-14-4-2-3-5-15(14)26-20(25)17(11)18/h2-10H,1H3,(H,22,23,24). The maximum Gasteiger partial charge on any atom is 0.346 e. The van der Waals surface area contributed by atoms with Gasteiger partial charge in [0.05, 0.1) is 10.9 Å². The van der Waals surface area contributed by atoms with E-state index in [1.165, 1.54) is 0 Å². The van der Waals surface area contributed by atoms with Crippen LogP contribution in [0.15, 0.2) is 68.3 Å². The maximum atomic E-state index is 12.5. The molecule has 5 nitrogen and oxygen atoms in total. The predicted molar refractivity (Wildman–Crippen MR) is 105 cm³/mol. The molecule has 2 heterocycles. The number of fused-ring (bicyclic) bond motifs is 3. The minimum atomic E-state index is -0.436. The molecule has 1 N–H and O–H groups in total. The molecule has 2 aromatic carbocycles. The summed E-state index contributed by atoms with van der Waals surface area (Å²) in [6, 6.07) is 15.9. The minimum Gasteiger partial charge on any atom is -0.422 e. The molecule has 1 amide bonds. The second-order valence-corrected chi connectivity index (χ2v) is 6.81. The second kappa shape index (κ2) is 6.38. The summed E-state index contributed by atoms with van der Waals surface area (Å²) in [7, 11) is 0. The summed E-state index contributed by atoms with van der Waals surface area (Å²) in [6.45, 7) is 1.80. The highest BCUT2D eigenvalue weighted by Crippen LogP contribution is 2.25. The first-order valence-electron chi connectivity index (χ1n) is 7.93. The van der Waals surface area contributed by atoms with Crippen LogP contribution in [0.5, 0.6) is 0 Å². The molecule has 0 aliphatic rings. The number of nitrogens with one attached hydrogen (secondary N) is 1. The van der Waals surface area contributed by atoms with Gasteiger partial charge in [-0.25, -0.2) is 9.78 Å². The summed E-state index contributed by atoms with van der Waals surface area (Å²) in [4.78, 5) is 29.3. The van der Waals surface area contributed by atoms with E-state index in [1.807, 2.05) is 12.1 Å². The lowest BCUT2D eigenvalue weighted by atomic mass is 10.1. The Balaban J connectivity index is 1.84. The number of nitrogens with zero attached hydrogens (tertiary/aromatic N) is 1. The first-order chi connectivity index (χ1) is 12.5. The van der Waals surface area contributed by atoms with E-state index in [0.29, 0.717) is 33.4 Å². The van der Waals surface area contributed by atoms with Crippen molar-refractivity contribution in [2.24, 2.45) is 0 Å². The van der Waals surface area contributed by atoms with Crippen molar-refractivity contribution in [3.63, 3.8) is 0 Å². The van der Waals surface area contributed by atoms with Crippen LogP contribution < -0.4 is 10.9 Å². The van der Waals surface area contributed by atoms with Crippen molar-refractivity contribution in [1.82, 2.24) is 4.98 Å². The van der Waals surface area contributed by atoms with Gasteiger partial charge < -0.3 is 9.73 Å². The zero-order valence-electron chi connectivity index (χ0n) is 13.7. The molecule has 128 valence electrons. The third-order valence-electron chi connectivity index (χ3n) is 4.11. The Morgan fingerprint density at radius 3 is 2.62 bits per heavy atom. The third kappa shape index (κ3) is 2.88. The van der Waals surface area contributed by atoms with Crippen LogP contribution in [0.25, 0.3) is 21.9 Å². The van der Waals surface area contributed by atoms with Gasteiger partial charge in [0.15, 0.2) is 0 Å². The van der Waals surface area contributed by atoms with Crippen LogP contribution in [-0.4, -0.2) is 10.9 Å². The number of hydrogen-bond acceptors (Lipinski definition) is 4. The Kier molecular flexibility index (Phi) is 4.05. The van der Waals surface area contributed by atoms with E-state index in [9.17, 15) is 9.59 Å². The molecule has 26 heavy (non-hydrogen) atoms. The van der Waals surface area contributed by atoms with E-state index in [-0.39, 0.29) is 5.91 Å². The number of amides is 1. The van der Waals surface area contributed by atoms with Crippen LogP contribution in [0.1, 0.15) is 15.9 Å². The van der Waals surface area contributed by atoms with Gasteiger partial charge in [0.1, 0.15) is 11.4 Å². The van der Waals surface area contributed by atoms with E-state index in [4.69, 9.17) is 4.42 Å². The third-order valence-corrected chi connectivity index (χ3v) is 4.64. The molecule has 0 bridgehead atoms. The molecule has 0 unspecified atom stereocenters. The molecule has 0 fully saturated rings. The average molecular weight is 409 g/mol. The van der Waals surface area contributed by atoms with Crippen molar-refractivity contribution in [2.75, 3.05) is 5.32 Å². The number of aromatic nitrogens is 1. The van der Waals surface area contributed by atoms with E-state index in [1.54, 1.807) is 49.4 Å². The molecule has 0 saturated heterocycles. The van der Waals surface area contributed by atoms with E-state index < -0.39 is 5.63 Å². The van der Waals surface area contributed by atoms with Gasteiger partial charge in [0.2, 0.25) is 0 Å². The highest BCUT2D eigenvalue weighted by atomic mass is 79.9. The van der Waals surface area contributed by atoms with Crippen molar-refractivity contribution in [3.8, 4) is 0 Å². The number of rotatable bonds is 2. The molecule has 6 heteroatoms. The molecule has 0 spiro atoms. The first-order valence-corrected chi connectivity index (χ1v) is 8.72. The number of carbonyl (C=O) groups is 1. The summed E-state index contributed by atoms with van der Waals surface area (Å²) < 4.78 is 6.27. The number of halogens is 1. The number of para-hydroxylation sites is 1. The zero-order valence-corrected chi connectivity index (χ0v) is 15.3. The fourth-order valence-corrected chi connectivity index (χ4v) is 3.15. The molecule has 4 aromatic rings. The lowest BCUT2D eigenvalue weighted by Crippen LogP contribution is -2.14. The average Bonchev–Trinajstić information content (AvgIpc) is 2.62. The Morgan fingerprint density at radius 1 is 1.12 bits per heavy atom. The Hall–Kier alpha value is -2.99. The molecule has 0 saturated carbocycles. The summed E-state index contributed by atoms with van der Waals surface area (Å²) in [5.41, 5.74) is 1.76. The van der Waals surface area contributed by atoms with Gasteiger partial charge in [-0.1, -0.05) is 28.1 Å². The van der Waals surface area contributed by atoms with Crippen LogP contribution in [-0.2, 0) is 0 Å². The number of pyridine rings is 1. The van der Waals surface area contributed by atoms with Gasteiger partial charge >= 0.3 is 5.63 Å². The van der Waals surface area contributed by atoms with Crippen molar-refractivity contribution in [1.29, 1.82) is 0 Å². The van der Waals surface area contributed by atoms with Crippen molar-refractivity contribution >= 4 is 49.5 Å². The van der Waals surface area contributed by atoms with E-state index in [0.717, 1.165) is 9.86 Å². The number of carbonyl (C=O) groups excluding carboxylic acids is 1. The smallest absolute Gasteiger partial charge is 0.346 e. The number of anilines is 1. The fourth-order valence-electron chi connectivity index (χ4n) is 2.88. The van der Waals surface area contributed by atoms with Crippen LogP contribution in [0.4, 0.5) is 5.82 Å². The molecule has 0 atom stereocenters. The second-order valence-electron chi connectivity index (χ2n) is 5.89. The SMILES string of the molecule is Cc1cc(NC(=O)c2ccc(Br)cc2)nc2c1c(=O)oc1ccccc12. The largest absolute Gasteiger partial charge is 0.422 e. The summed E-state index contributed by atoms with van der Waals surface area (Å²) in [5, 5.41) is 3.95. The summed E-state index contributed by atoms with van der Waals surface area (Å²) in [6.07, 6.45) is 0. The Labute approximate surface area is 156 Å². The molecule has 2 aromatic heterocycles. The van der Waals surface area contributed by atoms with E-state index >= 15 is 0 Å². The maximum absolute atomic E-state index is 12.5. The number of hydrogen-bond donors (Lipinski definition) is 1. The molecular weight excluding hydrogens is 396 g/mol. The van der Waals surface area contributed by atoms with Crippen molar-refractivity contribution < 1.29 is 9.21 Å². The van der Waals surface area contributed by atoms with Gasteiger partial charge in [-0.2, -0.15) is 0 Å². The molecule has 0 aliphatic carbocycles. The lowest BCUT2D eigenvalue weighted by molar-refractivity contribution is 0.102. The highest BCUT2D eigenvalue weighted by molar-refractivity contribution is 9.10. The number of benzene rings is 2. The molecule has 0 radical (unpaired) electrons. The zero-order chi connectivity index (χ0) is 18.3. The molecule has 4 rings (SSSR count). The van der Waals surface area contributed by atoms with Gasteiger partial charge in [-0.3, -0.25) is 4.79 Å². The van der Waals surface area contributed by atoms with Gasteiger partial charge in [-0.15, -0.1) is 0 Å². The Bertz CT molecular complexity index is 1210. The fraction of sp³-hybridized carbons (Fsp3) is 0.0500. The van der Waals surface area contributed by atoms with Crippen LogP contribution in [0.3, 0.4) is 0 Å². The topological polar surface area (TPSA) is 72.2 Å². The Morgan fingerprint density at radius 2 is 1.85 bits per heavy atom. The van der Waals surface area contributed by atoms with Gasteiger partial charge in [0, 0.05) is 15.4 Å². The normalized spacial score (nSPS) is 11.0. The highest BCUT2D eigenvalue weighted by Gasteiger charge is 2.14. The van der Waals surface area contributed by atoms with Crippen LogP contribution >= 0.6 is 15.9 Å². The van der Waals surface area contributed by atoms with E-state index in [2.05, 4.69) is 26.2 Å². The van der Waals surface area contributed by atoms with Crippen molar-refractivity contribution in [3.05, 3.63) is 80.6 Å². The van der Waals surface area contributed by atoms with Crippen molar-refractivity contribution in [2.45, 2.75) is 6.92 Å². The first kappa shape index (κ1) is 16.5. The number of aryl methyl sites for hydroxylation is 1. The molecule has 0 aliphatic heterocycles.